The Morgan fingerprint density at radius 3 is 2.48 bits per heavy atom. The zero-order valence-corrected chi connectivity index (χ0v) is 13.5. The van der Waals surface area contributed by atoms with Crippen molar-refractivity contribution in [3.8, 4) is 11.4 Å². The molecule has 1 aromatic heterocycles. The molecule has 0 amide bonds. The maximum Gasteiger partial charge on any atom is 0.0756 e. The van der Waals surface area contributed by atoms with Crippen LogP contribution < -0.4 is 0 Å². The Labute approximate surface area is 136 Å². The van der Waals surface area contributed by atoms with Gasteiger partial charge in [-0.05, 0) is 5.39 Å². The zero-order valence-electron chi connectivity index (χ0n) is 11.1. The Balaban J connectivity index is 0.00000132. The van der Waals surface area contributed by atoms with Crippen molar-refractivity contribution in [3.05, 3.63) is 72.9 Å². The third-order valence-corrected chi connectivity index (χ3v) is 3.43. The van der Waals surface area contributed by atoms with Crippen molar-refractivity contribution in [2.45, 2.75) is 0 Å². The fourth-order valence-corrected chi connectivity index (χ4v) is 2.43. The summed E-state index contributed by atoms with van der Waals surface area (Å²) in [4.78, 5) is 9.17. The molecule has 0 saturated carbocycles. The Morgan fingerprint density at radius 1 is 0.810 bits per heavy atom. The molecule has 21 heavy (non-hydrogen) atoms. The van der Waals surface area contributed by atoms with Gasteiger partial charge in [0.15, 0.2) is 0 Å². The number of nitrogens with zero attached hydrogens (tertiary/aromatic N) is 2. The van der Waals surface area contributed by atoms with Crippen molar-refractivity contribution in [2.24, 2.45) is 0 Å². The molecule has 0 spiro atoms. The summed E-state index contributed by atoms with van der Waals surface area (Å²) in [6, 6.07) is 23.4. The van der Waals surface area contributed by atoms with E-state index in [-0.39, 0.29) is 20.1 Å². The Morgan fingerprint density at radius 2 is 1.62 bits per heavy atom. The van der Waals surface area contributed by atoms with Crippen molar-refractivity contribution >= 4 is 21.7 Å². The SMILES string of the molecule is [Ir].[c-]1ccccc1-c1ncc2ccc3ccccc3c2n1. The maximum absolute atomic E-state index is 4.73. The second-order valence-corrected chi connectivity index (χ2v) is 4.69. The summed E-state index contributed by atoms with van der Waals surface area (Å²) in [6.07, 6.45) is 1.88. The normalized spacial score (nSPS) is 10.5. The van der Waals surface area contributed by atoms with Crippen molar-refractivity contribution in [1.82, 2.24) is 9.97 Å². The van der Waals surface area contributed by atoms with Gasteiger partial charge < -0.3 is 0 Å². The minimum atomic E-state index is 0. The molecule has 4 rings (SSSR count). The molecule has 103 valence electrons. The summed E-state index contributed by atoms with van der Waals surface area (Å²) in [6.45, 7) is 0. The Hall–Kier alpha value is -2.09. The molecule has 0 aliphatic carbocycles. The molecule has 3 aromatic carbocycles. The average Bonchev–Trinajstić information content (AvgIpc) is 2.55. The van der Waals surface area contributed by atoms with Gasteiger partial charge >= 0.3 is 0 Å². The predicted molar refractivity (Wildman–Crippen MR) is 81.3 cm³/mol. The number of aromatic nitrogens is 2. The molecular weight excluding hydrogens is 436 g/mol. The van der Waals surface area contributed by atoms with Gasteiger partial charge in [-0.3, -0.25) is 9.97 Å². The number of hydrogen-bond acceptors (Lipinski definition) is 2. The van der Waals surface area contributed by atoms with E-state index in [0.29, 0.717) is 0 Å². The molecule has 0 aliphatic heterocycles. The van der Waals surface area contributed by atoms with Crippen molar-refractivity contribution in [2.75, 3.05) is 0 Å². The summed E-state index contributed by atoms with van der Waals surface area (Å²) in [7, 11) is 0. The van der Waals surface area contributed by atoms with E-state index in [4.69, 9.17) is 4.98 Å². The van der Waals surface area contributed by atoms with E-state index in [1.54, 1.807) is 0 Å². The second-order valence-electron chi connectivity index (χ2n) is 4.69. The van der Waals surface area contributed by atoms with Crippen LogP contribution in [0.25, 0.3) is 33.1 Å². The van der Waals surface area contributed by atoms with Crippen LogP contribution in [-0.4, -0.2) is 9.97 Å². The molecular formula is C18H11IrN2-. The third-order valence-electron chi connectivity index (χ3n) is 3.43. The number of benzene rings is 3. The van der Waals surface area contributed by atoms with Gasteiger partial charge in [0, 0.05) is 37.1 Å². The second kappa shape index (κ2) is 5.72. The van der Waals surface area contributed by atoms with Gasteiger partial charge in [0.05, 0.1) is 11.3 Å². The number of hydrogen-bond donors (Lipinski definition) is 0. The van der Waals surface area contributed by atoms with E-state index in [1.807, 2.05) is 42.6 Å². The summed E-state index contributed by atoms with van der Waals surface area (Å²) in [5, 5.41) is 3.41. The van der Waals surface area contributed by atoms with Crippen LogP contribution in [0.4, 0.5) is 0 Å². The molecule has 4 aromatic rings. The first-order valence-electron chi connectivity index (χ1n) is 6.53. The average molecular weight is 448 g/mol. The topological polar surface area (TPSA) is 25.8 Å². The number of fused-ring (bicyclic) bond motifs is 3. The van der Waals surface area contributed by atoms with Gasteiger partial charge in [0.25, 0.3) is 0 Å². The summed E-state index contributed by atoms with van der Waals surface area (Å²) in [5.41, 5.74) is 1.91. The van der Waals surface area contributed by atoms with Gasteiger partial charge in [-0.15, -0.1) is 35.9 Å². The van der Waals surface area contributed by atoms with Crippen LogP contribution in [0.2, 0.25) is 0 Å². The molecule has 1 heterocycles. The summed E-state index contributed by atoms with van der Waals surface area (Å²) < 4.78 is 0. The Bertz CT molecular complexity index is 904. The molecule has 1 radical (unpaired) electrons. The smallest absolute Gasteiger partial charge is 0.0756 e. The van der Waals surface area contributed by atoms with Crippen LogP contribution >= 0.6 is 0 Å². The predicted octanol–water partition coefficient (Wildman–Crippen LogP) is 4.25. The molecule has 2 nitrogen and oxygen atoms in total. The van der Waals surface area contributed by atoms with Gasteiger partial charge in [-0.25, -0.2) is 0 Å². The third kappa shape index (κ3) is 2.46. The molecule has 0 saturated heterocycles. The van der Waals surface area contributed by atoms with Crippen molar-refractivity contribution in [3.63, 3.8) is 0 Å². The van der Waals surface area contributed by atoms with Crippen LogP contribution in [0.1, 0.15) is 0 Å². The van der Waals surface area contributed by atoms with Gasteiger partial charge in [-0.2, -0.15) is 0 Å². The van der Waals surface area contributed by atoms with E-state index in [2.05, 4.69) is 35.3 Å². The fraction of sp³-hybridized carbons (Fsp3) is 0. The largest absolute Gasteiger partial charge is 0.285 e. The summed E-state index contributed by atoms with van der Waals surface area (Å²) in [5.74, 6) is 0.717. The van der Waals surface area contributed by atoms with E-state index >= 15 is 0 Å². The maximum atomic E-state index is 4.73. The molecule has 0 bridgehead atoms. The van der Waals surface area contributed by atoms with E-state index in [9.17, 15) is 0 Å². The summed E-state index contributed by atoms with van der Waals surface area (Å²) >= 11 is 0. The van der Waals surface area contributed by atoms with Gasteiger partial charge in [0.2, 0.25) is 0 Å². The van der Waals surface area contributed by atoms with Crippen molar-refractivity contribution < 1.29 is 20.1 Å². The zero-order chi connectivity index (χ0) is 13.4. The minimum absolute atomic E-state index is 0. The van der Waals surface area contributed by atoms with Crippen LogP contribution in [0.5, 0.6) is 0 Å². The van der Waals surface area contributed by atoms with Crippen molar-refractivity contribution in [1.29, 1.82) is 0 Å². The van der Waals surface area contributed by atoms with Gasteiger partial charge in [0.1, 0.15) is 0 Å². The quantitative estimate of drug-likeness (QED) is 0.322. The van der Waals surface area contributed by atoms with Crippen LogP contribution in [0.15, 0.2) is 66.9 Å². The molecule has 0 N–H and O–H groups in total. The van der Waals surface area contributed by atoms with Crippen LogP contribution in [0, 0.1) is 6.07 Å². The van der Waals surface area contributed by atoms with E-state index < -0.39 is 0 Å². The Kier molecular flexibility index (Phi) is 3.78. The van der Waals surface area contributed by atoms with Gasteiger partial charge in [-0.1, -0.05) is 36.4 Å². The molecule has 0 aliphatic rings. The van der Waals surface area contributed by atoms with E-state index in [0.717, 1.165) is 27.7 Å². The minimum Gasteiger partial charge on any atom is -0.285 e. The van der Waals surface area contributed by atoms with Crippen LogP contribution in [0.3, 0.4) is 0 Å². The first-order valence-corrected chi connectivity index (χ1v) is 6.53. The molecule has 3 heteroatoms. The monoisotopic (exact) mass is 448 g/mol. The first-order chi connectivity index (χ1) is 9.92. The standard InChI is InChI=1S/C18H11N2.Ir/c1-2-7-14(8-3-1)18-19-12-15-11-10-13-6-4-5-9-16(13)17(15)20-18;/h1-7,9-12H;/q-1;. The number of rotatable bonds is 1. The molecule has 0 atom stereocenters. The molecule has 0 fully saturated rings. The van der Waals surface area contributed by atoms with E-state index in [1.165, 1.54) is 5.39 Å². The van der Waals surface area contributed by atoms with Crippen LogP contribution in [-0.2, 0) is 20.1 Å². The fourth-order valence-electron chi connectivity index (χ4n) is 2.43. The first kappa shape index (κ1) is 13.9. The molecule has 0 unspecified atom stereocenters.